The topological polar surface area (TPSA) is 48.7 Å². The van der Waals surface area contributed by atoms with Gasteiger partial charge in [0.25, 0.3) is 0 Å². The standard InChI is InChI=1S/C11H8BrN3S/c12-9-3-10(16-7-9)5-15-11-6-14-2-1-8(11)4-13/h1-3,6-7,15H,5H2. The third-order valence-electron chi connectivity index (χ3n) is 2.02. The summed E-state index contributed by atoms with van der Waals surface area (Å²) in [5, 5.41) is 14.1. The minimum absolute atomic E-state index is 0.616. The number of nitriles is 1. The van der Waals surface area contributed by atoms with Crippen molar-refractivity contribution in [3.05, 3.63) is 44.8 Å². The first-order valence-corrected chi connectivity index (χ1v) is 6.28. The van der Waals surface area contributed by atoms with Gasteiger partial charge in [-0.2, -0.15) is 5.26 Å². The highest BCUT2D eigenvalue weighted by Crippen LogP contribution is 2.21. The number of anilines is 1. The summed E-state index contributed by atoms with van der Waals surface area (Å²) in [5.41, 5.74) is 1.39. The number of nitrogens with zero attached hydrogens (tertiary/aromatic N) is 2. The maximum Gasteiger partial charge on any atom is 0.101 e. The first-order chi connectivity index (χ1) is 7.79. The number of pyridine rings is 1. The predicted octanol–water partition coefficient (Wildman–Crippen LogP) is 3.39. The van der Waals surface area contributed by atoms with E-state index in [1.165, 1.54) is 4.88 Å². The molecular weight excluding hydrogens is 286 g/mol. The monoisotopic (exact) mass is 293 g/mol. The quantitative estimate of drug-likeness (QED) is 0.944. The first kappa shape index (κ1) is 11.1. The summed E-state index contributed by atoms with van der Waals surface area (Å²) < 4.78 is 1.08. The van der Waals surface area contributed by atoms with Crippen molar-refractivity contribution in [1.82, 2.24) is 4.98 Å². The van der Waals surface area contributed by atoms with Gasteiger partial charge in [-0.3, -0.25) is 4.98 Å². The molecule has 0 amide bonds. The molecule has 2 heterocycles. The van der Waals surface area contributed by atoms with Crippen LogP contribution in [0.25, 0.3) is 0 Å². The normalized spacial score (nSPS) is 9.75. The van der Waals surface area contributed by atoms with Gasteiger partial charge in [-0.1, -0.05) is 0 Å². The van der Waals surface area contributed by atoms with Gasteiger partial charge in [0, 0.05) is 27.5 Å². The Morgan fingerprint density at radius 2 is 2.44 bits per heavy atom. The van der Waals surface area contributed by atoms with Gasteiger partial charge >= 0.3 is 0 Å². The molecule has 0 saturated carbocycles. The number of nitrogens with one attached hydrogen (secondary N) is 1. The van der Waals surface area contributed by atoms with E-state index >= 15 is 0 Å². The molecule has 2 aromatic heterocycles. The Labute approximate surface area is 106 Å². The number of halogens is 1. The van der Waals surface area contributed by atoms with Gasteiger partial charge < -0.3 is 5.32 Å². The van der Waals surface area contributed by atoms with Crippen LogP contribution >= 0.6 is 27.3 Å². The molecule has 0 spiro atoms. The zero-order valence-electron chi connectivity index (χ0n) is 8.27. The Morgan fingerprint density at radius 3 is 3.12 bits per heavy atom. The maximum absolute atomic E-state index is 8.90. The van der Waals surface area contributed by atoms with E-state index in [4.69, 9.17) is 5.26 Å². The lowest BCUT2D eigenvalue weighted by Gasteiger charge is -2.05. The van der Waals surface area contributed by atoms with E-state index in [2.05, 4.69) is 38.4 Å². The van der Waals surface area contributed by atoms with Crippen LogP contribution in [0.2, 0.25) is 0 Å². The summed E-state index contributed by atoms with van der Waals surface area (Å²) >= 11 is 5.07. The molecule has 0 saturated heterocycles. The third kappa shape index (κ3) is 2.60. The van der Waals surface area contributed by atoms with E-state index < -0.39 is 0 Å². The molecule has 0 aliphatic carbocycles. The average molecular weight is 294 g/mol. The molecular formula is C11H8BrN3S. The minimum atomic E-state index is 0.616. The number of hydrogen-bond acceptors (Lipinski definition) is 4. The van der Waals surface area contributed by atoms with Crippen LogP contribution in [0.15, 0.2) is 34.4 Å². The molecule has 2 rings (SSSR count). The van der Waals surface area contributed by atoms with Gasteiger partial charge in [0.2, 0.25) is 0 Å². The van der Waals surface area contributed by atoms with Crippen LogP contribution in [0.4, 0.5) is 5.69 Å². The molecule has 0 fully saturated rings. The van der Waals surface area contributed by atoms with Crippen LogP contribution < -0.4 is 5.32 Å². The summed E-state index contributed by atoms with van der Waals surface area (Å²) in [6.07, 6.45) is 3.28. The van der Waals surface area contributed by atoms with Crippen molar-refractivity contribution in [1.29, 1.82) is 5.26 Å². The summed E-state index contributed by atoms with van der Waals surface area (Å²) in [7, 11) is 0. The fourth-order valence-corrected chi connectivity index (χ4v) is 2.65. The molecule has 80 valence electrons. The van der Waals surface area contributed by atoms with Crippen LogP contribution in [-0.4, -0.2) is 4.98 Å². The summed E-state index contributed by atoms with van der Waals surface area (Å²) in [6.45, 7) is 0.705. The molecule has 0 bridgehead atoms. The zero-order valence-corrected chi connectivity index (χ0v) is 10.7. The molecule has 16 heavy (non-hydrogen) atoms. The molecule has 2 aromatic rings. The molecule has 1 N–H and O–H groups in total. The van der Waals surface area contributed by atoms with Crippen molar-refractivity contribution in [2.45, 2.75) is 6.54 Å². The second-order valence-electron chi connectivity index (χ2n) is 3.12. The highest BCUT2D eigenvalue weighted by Gasteiger charge is 2.02. The lowest BCUT2D eigenvalue weighted by Crippen LogP contribution is -1.99. The van der Waals surface area contributed by atoms with Crippen molar-refractivity contribution in [3.8, 4) is 6.07 Å². The van der Waals surface area contributed by atoms with Crippen LogP contribution in [0.3, 0.4) is 0 Å². The molecule has 3 nitrogen and oxygen atoms in total. The van der Waals surface area contributed by atoms with Crippen LogP contribution in [0.5, 0.6) is 0 Å². The van der Waals surface area contributed by atoms with Crippen molar-refractivity contribution >= 4 is 33.0 Å². The molecule has 0 unspecified atom stereocenters. The molecule has 0 atom stereocenters. The van der Waals surface area contributed by atoms with E-state index in [1.54, 1.807) is 29.8 Å². The van der Waals surface area contributed by atoms with E-state index in [0.29, 0.717) is 12.1 Å². The van der Waals surface area contributed by atoms with Crippen molar-refractivity contribution < 1.29 is 0 Å². The third-order valence-corrected chi connectivity index (χ3v) is 3.71. The summed E-state index contributed by atoms with van der Waals surface area (Å²) in [6, 6.07) is 5.89. The van der Waals surface area contributed by atoms with Crippen LogP contribution in [-0.2, 0) is 6.54 Å². The predicted molar refractivity (Wildman–Crippen MR) is 68.3 cm³/mol. The van der Waals surface area contributed by atoms with Gasteiger partial charge in [0.05, 0.1) is 17.4 Å². The SMILES string of the molecule is N#Cc1ccncc1NCc1cc(Br)cs1. The fourth-order valence-electron chi connectivity index (χ4n) is 1.26. The van der Waals surface area contributed by atoms with E-state index in [9.17, 15) is 0 Å². The molecule has 5 heteroatoms. The Bertz CT molecular complexity index is 530. The smallest absolute Gasteiger partial charge is 0.101 e. The number of thiophene rings is 1. The van der Waals surface area contributed by atoms with Crippen molar-refractivity contribution in [2.75, 3.05) is 5.32 Å². The van der Waals surface area contributed by atoms with Gasteiger partial charge in [-0.15, -0.1) is 11.3 Å². The van der Waals surface area contributed by atoms with E-state index in [1.807, 2.05) is 5.38 Å². The number of aromatic nitrogens is 1. The lowest BCUT2D eigenvalue weighted by molar-refractivity contribution is 1.17. The molecule has 0 radical (unpaired) electrons. The average Bonchev–Trinajstić information content (AvgIpc) is 2.73. The second kappa shape index (κ2) is 5.10. The van der Waals surface area contributed by atoms with Crippen molar-refractivity contribution in [3.63, 3.8) is 0 Å². The Kier molecular flexibility index (Phi) is 3.54. The largest absolute Gasteiger partial charge is 0.378 e. The van der Waals surface area contributed by atoms with Gasteiger partial charge in [0.15, 0.2) is 0 Å². The van der Waals surface area contributed by atoms with Gasteiger partial charge in [0.1, 0.15) is 6.07 Å². The van der Waals surface area contributed by atoms with Crippen LogP contribution in [0.1, 0.15) is 10.4 Å². The number of rotatable bonds is 3. The van der Waals surface area contributed by atoms with E-state index in [0.717, 1.165) is 10.2 Å². The Balaban J connectivity index is 2.08. The first-order valence-electron chi connectivity index (χ1n) is 4.60. The zero-order chi connectivity index (χ0) is 11.4. The molecule has 0 aliphatic heterocycles. The van der Waals surface area contributed by atoms with E-state index in [-0.39, 0.29) is 0 Å². The van der Waals surface area contributed by atoms with Gasteiger partial charge in [-0.25, -0.2) is 0 Å². The molecule has 0 aromatic carbocycles. The second-order valence-corrected chi connectivity index (χ2v) is 5.03. The highest BCUT2D eigenvalue weighted by atomic mass is 79.9. The summed E-state index contributed by atoms with van der Waals surface area (Å²) in [5.74, 6) is 0. The maximum atomic E-state index is 8.90. The highest BCUT2D eigenvalue weighted by molar-refractivity contribution is 9.10. The Morgan fingerprint density at radius 1 is 1.56 bits per heavy atom. The molecule has 0 aliphatic rings. The lowest BCUT2D eigenvalue weighted by atomic mass is 10.2. The number of hydrogen-bond donors (Lipinski definition) is 1. The minimum Gasteiger partial charge on any atom is -0.378 e. The van der Waals surface area contributed by atoms with Gasteiger partial charge in [-0.05, 0) is 28.1 Å². The van der Waals surface area contributed by atoms with Crippen molar-refractivity contribution in [2.24, 2.45) is 0 Å². The summed E-state index contributed by atoms with van der Waals surface area (Å²) in [4.78, 5) is 5.20. The Hall–Kier alpha value is -1.38. The van der Waals surface area contributed by atoms with Crippen LogP contribution in [0, 0.1) is 11.3 Å². The fraction of sp³-hybridized carbons (Fsp3) is 0.0909.